The molecule has 0 radical (unpaired) electrons. The van der Waals surface area contributed by atoms with Crippen molar-refractivity contribution in [2.45, 2.75) is 19.9 Å². The first-order chi connectivity index (χ1) is 3.72. The molecule has 9 heavy (non-hydrogen) atoms. The molecule has 0 saturated heterocycles. The summed E-state index contributed by atoms with van der Waals surface area (Å²) in [6, 6.07) is 0.588. The summed E-state index contributed by atoms with van der Waals surface area (Å²) < 4.78 is 0. The van der Waals surface area contributed by atoms with Gasteiger partial charge in [-0.25, -0.2) is 0 Å². The van der Waals surface area contributed by atoms with Crippen molar-refractivity contribution < 1.29 is 31.1 Å². The Labute approximate surface area is 82.6 Å². The molecule has 0 aromatic carbocycles. The van der Waals surface area contributed by atoms with E-state index in [4.69, 9.17) is 0 Å². The molecule has 0 aliphatic carbocycles. The van der Waals surface area contributed by atoms with E-state index in [0.717, 1.165) is 13.1 Å². The molecule has 0 heterocycles. The first kappa shape index (κ1) is 12.7. The van der Waals surface area contributed by atoms with E-state index in [0.29, 0.717) is 6.04 Å². The van der Waals surface area contributed by atoms with Crippen LogP contribution in [0, 0.1) is 45.0 Å². The number of rotatable bonds is 3. The summed E-state index contributed by atoms with van der Waals surface area (Å²) in [6.07, 6.45) is 0. The molecule has 0 aliphatic heterocycles. The molecule has 0 fully saturated rings. The Morgan fingerprint density at radius 2 is 1.56 bits per heavy atom. The third kappa shape index (κ3) is 5.46. The van der Waals surface area contributed by atoms with E-state index in [1.165, 1.54) is 0 Å². The Bertz CT molecular complexity index is 50.9. The summed E-state index contributed by atoms with van der Waals surface area (Å²) in [5.41, 5.74) is 0. The largest absolute Gasteiger partial charge is 2.00 e. The van der Waals surface area contributed by atoms with Gasteiger partial charge in [0.25, 0.3) is 0 Å². The molecule has 0 bridgehead atoms. The van der Waals surface area contributed by atoms with Crippen molar-refractivity contribution in [1.29, 1.82) is 0 Å². The van der Waals surface area contributed by atoms with E-state index in [9.17, 15) is 0 Å². The zero-order chi connectivity index (χ0) is 6.57. The van der Waals surface area contributed by atoms with Crippen LogP contribution < -0.4 is 0 Å². The summed E-state index contributed by atoms with van der Waals surface area (Å²) >= 11 is 0. The van der Waals surface area contributed by atoms with Crippen LogP contribution in [0.3, 0.4) is 0 Å². The second-order valence-corrected chi connectivity index (χ2v) is 2.13. The van der Waals surface area contributed by atoms with Gasteiger partial charge in [0.15, 0.2) is 0 Å². The monoisotopic (exact) mass is 351 g/mol. The summed E-state index contributed by atoms with van der Waals surface area (Å²) in [7, 11) is 0. The van der Waals surface area contributed by atoms with Crippen LogP contribution in [0.2, 0.25) is 0 Å². The molecule has 0 unspecified atom stereocenters. The van der Waals surface area contributed by atoms with E-state index in [1.807, 2.05) is 0 Å². The first-order valence-corrected chi connectivity index (χ1v) is 3.05. The quantitative estimate of drug-likeness (QED) is 0.695. The molecular formula is C7H15NU. The van der Waals surface area contributed by atoms with Crippen LogP contribution in [-0.4, -0.2) is 24.0 Å². The fourth-order valence-electron chi connectivity index (χ4n) is 0.628. The molecule has 0 N–H and O–H groups in total. The maximum atomic E-state index is 3.76. The van der Waals surface area contributed by atoms with Crippen LogP contribution in [0.25, 0.3) is 0 Å². The summed E-state index contributed by atoms with van der Waals surface area (Å²) in [6.45, 7) is 13.6. The minimum atomic E-state index is 0. The van der Waals surface area contributed by atoms with E-state index in [1.54, 1.807) is 0 Å². The van der Waals surface area contributed by atoms with E-state index in [2.05, 4.69) is 32.6 Å². The third-order valence-electron chi connectivity index (χ3n) is 1.30. The van der Waals surface area contributed by atoms with Gasteiger partial charge in [0.05, 0.1) is 0 Å². The molecule has 0 saturated carbocycles. The Balaban J connectivity index is 0. The summed E-state index contributed by atoms with van der Waals surface area (Å²) in [5.74, 6) is 0. The van der Waals surface area contributed by atoms with Gasteiger partial charge in [0.1, 0.15) is 0 Å². The SMILES string of the molecule is [CH2-]CN(C[CH2-])C(C)C.[U+2]. The molecule has 0 aliphatic rings. The van der Waals surface area contributed by atoms with Gasteiger partial charge in [-0.3, -0.25) is 0 Å². The van der Waals surface area contributed by atoms with Crippen molar-refractivity contribution in [3.05, 3.63) is 13.8 Å². The number of hydrogen-bond donors (Lipinski definition) is 0. The van der Waals surface area contributed by atoms with Crippen molar-refractivity contribution in [2.75, 3.05) is 13.1 Å². The maximum Gasteiger partial charge on any atom is 2.00 e. The van der Waals surface area contributed by atoms with Crippen molar-refractivity contribution in [2.24, 2.45) is 0 Å². The Hall–Kier alpha value is 1.01. The van der Waals surface area contributed by atoms with Gasteiger partial charge in [-0.2, -0.15) is 0 Å². The first-order valence-electron chi connectivity index (χ1n) is 3.05. The van der Waals surface area contributed by atoms with Crippen molar-refractivity contribution >= 4 is 0 Å². The standard InChI is InChI=1S/C7H15N.U/c1-5-8(6-2)7(3)4;/h7H,1-2,5-6H2,3-4H3;/q-2;+2. The number of nitrogens with zero attached hydrogens (tertiary/aromatic N) is 1. The molecule has 0 spiro atoms. The van der Waals surface area contributed by atoms with Crippen LogP contribution >= 0.6 is 0 Å². The van der Waals surface area contributed by atoms with Crippen molar-refractivity contribution in [3.8, 4) is 0 Å². The molecule has 1 nitrogen and oxygen atoms in total. The van der Waals surface area contributed by atoms with Gasteiger partial charge >= 0.3 is 31.1 Å². The Morgan fingerprint density at radius 3 is 1.56 bits per heavy atom. The minimum Gasteiger partial charge on any atom is -0.360 e. The van der Waals surface area contributed by atoms with Gasteiger partial charge in [-0.15, -0.1) is 13.1 Å². The molecule has 52 valence electrons. The van der Waals surface area contributed by atoms with Gasteiger partial charge in [-0.05, 0) is 6.04 Å². The molecule has 0 aromatic rings. The van der Waals surface area contributed by atoms with Gasteiger partial charge in [-0.1, -0.05) is 13.8 Å². The van der Waals surface area contributed by atoms with Crippen LogP contribution in [-0.2, 0) is 0 Å². The molecule has 0 aromatic heterocycles. The van der Waals surface area contributed by atoms with E-state index in [-0.39, 0.29) is 31.1 Å². The average Bonchev–Trinajstić information content (AvgIpc) is 1.69. The predicted octanol–water partition coefficient (Wildman–Crippen LogP) is 1.36. The Kier molecular flexibility index (Phi) is 10.0. The summed E-state index contributed by atoms with van der Waals surface area (Å²) in [4.78, 5) is 2.19. The fourth-order valence-corrected chi connectivity index (χ4v) is 0.628. The van der Waals surface area contributed by atoms with Crippen LogP contribution in [0.1, 0.15) is 13.8 Å². The molecule has 0 rings (SSSR count). The van der Waals surface area contributed by atoms with Crippen LogP contribution in [0.15, 0.2) is 0 Å². The molecule has 2 heteroatoms. The van der Waals surface area contributed by atoms with Crippen LogP contribution in [0.5, 0.6) is 0 Å². The summed E-state index contributed by atoms with van der Waals surface area (Å²) in [5, 5.41) is 0. The zero-order valence-corrected chi connectivity index (χ0v) is 10.5. The minimum absolute atomic E-state index is 0. The smallest absolute Gasteiger partial charge is 0.360 e. The maximum absolute atomic E-state index is 3.76. The van der Waals surface area contributed by atoms with E-state index < -0.39 is 0 Å². The second-order valence-electron chi connectivity index (χ2n) is 2.13. The fraction of sp³-hybridized carbons (Fsp3) is 0.714. The molecule has 0 amide bonds. The van der Waals surface area contributed by atoms with Crippen molar-refractivity contribution in [3.63, 3.8) is 0 Å². The average molecular weight is 351 g/mol. The van der Waals surface area contributed by atoms with Crippen LogP contribution in [0.4, 0.5) is 0 Å². The zero-order valence-electron chi connectivity index (χ0n) is 6.35. The second kappa shape index (κ2) is 7.12. The van der Waals surface area contributed by atoms with Gasteiger partial charge in [0, 0.05) is 0 Å². The van der Waals surface area contributed by atoms with Gasteiger partial charge < -0.3 is 18.7 Å². The Morgan fingerprint density at radius 1 is 1.22 bits per heavy atom. The van der Waals surface area contributed by atoms with Crippen molar-refractivity contribution in [1.82, 2.24) is 4.90 Å². The van der Waals surface area contributed by atoms with Gasteiger partial charge in [0.2, 0.25) is 0 Å². The van der Waals surface area contributed by atoms with E-state index >= 15 is 0 Å². The predicted molar refractivity (Wildman–Crippen MR) is 37.4 cm³/mol. The number of hydrogen-bond acceptors (Lipinski definition) is 1. The molecule has 0 atom stereocenters. The topological polar surface area (TPSA) is 3.24 Å². The normalized spacial score (nSPS) is 10.0. The third-order valence-corrected chi connectivity index (χ3v) is 1.30. The molecular weight excluding hydrogens is 336 g/mol.